The van der Waals surface area contributed by atoms with Gasteiger partial charge in [0.1, 0.15) is 5.75 Å². The first-order valence-corrected chi connectivity index (χ1v) is 7.73. The van der Waals surface area contributed by atoms with Gasteiger partial charge in [-0.15, -0.1) is 0 Å². The Labute approximate surface area is 131 Å². The summed E-state index contributed by atoms with van der Waals surface area (Å²) in [5.41, 5.74) is 4.46. The second kappa shape index (κ2) is 6.22. The third-order valence-electron chi connectivity index (χ3n) is 4.11. The number of carbonyl (C=O) groups excluding carboxylic acids is 1. The van der Waals surface area contributed by atoms with Crippen LogP contribution in [0.5, 0.6) is 5.75 Å². The Bertz CT molecular complexity index is 694. The zero-order valence-corrected chi connectivity index (χ0v) is 13.1. The normalized spacial score (nSPS) is 13.6. The van der Waals surface area contributed by atoms with Crippen LogP contribution in [-0.4, -0.2) is 19.1 Å². The summed E-state index contributed by atoms with van der Waals surface area (Å²) in [6.45, 7) is 4.87. The van der Waals surface area contributed by atoms with Gasteiger partial charge >= 0.3 is 0 Å². The second-order valence-electron chi connectivity index (χ2n) is 5.84. The highest BCUT2D eigenvalue weighted by atomic mass is 16.5. The first kappa shape index (κ1) is 14.6. The fourth-order valence-corrected chi connectivity index (χ4v) is 2.87. The van der Waals surface area contributed by atoms with Crippen molar-refractivity contribution in [2.75, 3.05) is 18.1 Å². The molecule has 1 heterocycles. The monoisotopic (exact) mass is 295 g/mol. The predicted molar refractivity (Wildman–Crippen MR) is 88.5 cm³/mol. The molecule has 2 aromatic carbocycles. The van der Waals surface area contributed by atoms with E-state index >= 15 is 0 Å². The van der Waals surface area contributed by atoms with E-state index in [2.05, 4.69) is 6.07 Å². The van der Waals surface area contributed by atoms with Crippen molar-refractivity contribution in [3.05, 3.63) is 59.2 Å². The Morgan fingerprint density at radius 1 is 1.18 bits per heavy atom. The van der Waals surface area contributed by atoms with Gasteiger partial charge in [-0.3, -0.25) is 4.79 Å². The Balaban J connectivity index is 1.72. The molecule has 0 bridgehead atoms. The van der Waals surface area contributed by atoms with Crippen LogP contribution in [0.1, 0.15) is 23.1 Å². The number of benzene rings is 2. The highest BCUT2D eigenvalue weighted by molar-refractivity contribution is 5.95. The molecule has 3 nitrogen and oxygen atoms in total. The van der Waals surface area contributed by atoms with Gasteiger partial charge in [-0.1, -0.05) is 30.3 Å². The third-order valence-corrected chi connectivity index (χ3v) is 4.11. The molecule has 1 amide bonds. The van der Waals surface area contributed by atoms with E-state index in [4.69, 9.17) is 4.74 Å². The number of fused-ring (bicyclic) bond motifs is 1. The maximum absolute atomic E-state index is 12.5. The highest BCUT2D eigenvalue weighted by Gasteiger charge is 2.22. The number of hydrogen-bond acceptors (Lipinski definition) is 2. The molecule has 114 valence electrons. The lowest BCUT2D eigenvalue weighted by atomic mass is 10.0. The van der Waals surface area contributed by atoms with Gasteiger partial charge in [0.25, 0.3) is 5.91 Å². The van der Waals surface area contributed by atoms with Crippen LogP contribution in [0.25, 0.3) is 0 Å². The SMILES string of the molecule is Cc1ccc(C)c(OCC(=O)N2CCCc3ccccc32)c1. The van der Waals surface area contributed by atoms with Gasteiger partial charge < -0.3 is 9.64 Å². The summed E-state index contributed by atoms with van der Waals surface area (Å²) < 4.78 is 5.76. The molecule has 3 heteroatoms. The van der Waals surface area contributed by atoms with Crippen LogP contribution < -0.4 is 9.64 Å². The molecular weight excluding hydrogens is 274 g/mol. The summed E-state index contributed by atoms with van der Waals surface area (Å²) >= 11 is 0. The minimum absolute atomic E-state index is 0.0213. The highest BCUT2D eigenvalue weighted by Crippen LogP contribution is 2.27. The molecule has 0 saturated carbocycles. The molecule has 0 fully saturated rings. The molecule has 0 atom stereocenters. The molecular formula is C19H21NO2. The Kier molecular flexibility index (Phi) is 4.14. The van der Waals surface area contributed by atoms with Gasteiger partial charge in [0.05, 0.1) is 0 Å². The molecule has 0 aliphatic carbocycles. The van der Waals surface area contributed by atoms with Crippen molar-refractivity contribution in [1.29, 1.82) is 0 Å². The largest absolute Gasteiger partial charge is 0.483 e. The number of amides is 1. The minimum atomic E-state index is 0.0213. The lowest BCUT2D eigenvalue weighted by Crippen LogP contribution is -2.38. The summed E-state index contributed by atoms with van der Waals surface area (Å²) in [6.07, 6.45) is 2.05. The van der Waals surface area contributed by atoms with Gasteiger partial charge in [-0.25, -0.2) is 0 Å². The molecule has 1 aliphatic heterocycles. The van der Waals surface area contributed by atoms with Crippen LogP contribution >= 0.6 is 0 Å². The Morgan fingerprint density at radius 2 is 2.00 bits per heavy atom. The van der Waals surface area contributed by atoms with Crippen molar-refractivity contribution in [1.82, 2.24) is 0 Å². The number of nitrogens with zero attached hydrogens (tertiary/aromatic N) is 1. The molecule has 0 saturated heterocycles. The summed E-state index contributed by atoms with van der Waals surface area (Å²) in [4.78, 5) is 14.4. The molecule has 2 aromatic rings. The minimum Gasteiger partial charge on any atom is -0.483 e. The molecule has 0 radical (unpaired) electrons. The van der Waals surface area contributed by atoms with Crippen LogP contribution in [0.3, 0.4) is 0 Å². The number of carbonyl (C=O) groups is 1. The smallest absolute Gasteiger partial charge is 0.264 e. The van der Waals surface area contributed by atoms with Crippen molar-refractivity contribution in [2.24, 2.45) is 0 Å². The molecule has 0 unspecified atom stereocenters. The zero-order valence-electron chi connectivity index (χ0n) is 13.1. The standard InChI is InChI=1S/C19H21NO2/c1-14-9-10-15(2)18(12-14)22-13-19(21)20-11-5-7-16-6-3-4-8-17(16)20/h3-4,6,8-10,12H,5,7,11,13H2,1-2H3. The molecule has 3 rings (SSSR count). The van der Waals surface area contributed by atoms with E-state index in [1.807, 2.05) is 55.1 Å². The quantitative estimate of drug-likeness (QED) is 0.865. The van der Waals surface area contributed by atoms with E-state index in [-0.39, 0.29) is 12.5 Å². The fraction of sp³-hybridized carbons (Fsp3) is 0.316. The van der Waals surface area contributed by atoms with Crippen LogP contribution in [-0.2, 0) is 11.2 Å². The maximum atomic E-state index is 12.5. The van der Waals surface area contributed by atoms with Crippen molar-refractivity contribution in [3.8, 4) is 5.75 Å². The van der Waals surface area contributed by atoms with E-state index in [0.29, 0.717) is 0 Å². The maximum Gasteiger partial charge on any atom is 0.264 e. The van der Waals surface area contributed by atoms with Crippen LogP contribution in [0.15, 0.2) is 42.5 Å². The molecule has 22 heavy (non-hydrogen) atoms. The second-order valence-corrected chi connectivity index (χ2v) is 5.84. The van der Waals surface area contributed by atoms with Crippen LogP contribution in [0.4, 0.5) is 5.69 Å². The fourth-order valence-electron chi connectivity index (χ4n) is 2.87. The lowest BCUT2D eigenvalue weighted by Gasteiger charge is -2.29. The van der Waals surface area contributed by atoms with E-state index in [1.165, 1.54) is 5.56 Å². The van der Waals surface area contributed by atoms with Gasteiger partial charge in [-0.2, -0.15) is 0 Å². The van der Waals surface area contributed by atoms with Crippen LogP contribution in [0, 0.1) is 13.8 Å². The van der Waals surface area contributed by atoms with E-state index in [9.17, 15) is 4.79 Å². The van der Waals surface area contributed by atoms with E-state index in [0.717, 1.165) is 42.0 Å². The predicted octanol–water partition coefficient (Wildman–Crippen LogP) is 3.66. The van der Waals surface area contributed by atoms with Gasteiger partial charge in [0.15, 0.2) is 6.61 Å². The summed E-state index contributed by atoms with van der Waals surface area (Å²) in [5, 5.41) is 0. The zero-order chi connectivity index (χ0) is 15.5. The first-order chi connectivity index (χ1) is 10.6. The van der Waals surface area contributed by atoms with Crippen molar-refractivity contribution in [3.63, 3.8) is 0 Å². The summed E-state index contributed by atoms with van der Waals surface area (Å²) in [6, 6.07) is 14.2. The number of aryl methyl sites for hydroxylation is 3. The number of rotatable bonds is 3. The van der Waals surface area contributed by atoms with Gasteiger partial charge in [0.2, 0.25) is 0 Å². The van der Waals surface area contributed by atoms with Gasteiger partial charge in [-0.05, 0) is 55.5 Å². The summed E-state index contributed by atoms with van der Waals surface area (Å²) in [5.74, 6) is 0.812. The number of hydrogen-bond donors (Lipinski definition) is 0. The van der Waals surface area contributed by atoms with Gasteiger partial charge in [0, 0.05) is 12.2 Å². The van der Waals surface area contributed by atoms with Crippen molar-refractivity contribution in [2.45, 2.75) is 26.7 Å². The van der Waals surface area contributed by atoms with E-state index in [1.54, 1.807) is 0 Å². The number of ether oxygens (including phenoxy) is 1. The van der Waals surface area contributed by atoms with Crippen molar-refractivity contribution < 1.29 is 9.53 Å². The Hall–Kier alpha value is -2.29. The Morgan fingerprint density at radius 3 is 2.86 bits per heavy atom. The molecule has 1 aliphatic rings. The molecule has 0 spiro atoms. The summed E-state index contributed by atoms with van der Waals surface area (Å²) in [7, 11) is 0. The average Bonchev–Trinajstić information content (AvgIpc) is 2.55. The van der Waals surface area contributed by atoms with E-state index < -0.39 is 0 Å². The molecule has 0 N–H and O–H groups in total. The average molecular weight is 295 g/mol. The van der Waals surface area contributed by atoms with Crippen LogP contribution in [0.2, 0.25) is 0 Å². The number of anilines is 1. The third kappa shape index (κ3) is 2.98. The lowest BCUT2D eigenvalue weighted by molar-refractivity contribution is -0.120. The topological polar surface area (TPSA) is 29.5 Å². The number of para-hydroxylation sites is 1. The first-order valence-electron chi connectivity index (χ1n) is 7.73. The molecule has 0 aromatic heterocycles. The van der Waals surface area contributed by atoms with Crippen molar-refractivity contribution >= 4 is 11.6 Å².